The molecule has 2 N–H and O–H groups in total. The van der Waals surface area contributed by atoms with E-state index in [1.807, 2.05) is 11.0 Å². The number of amides is 1. The molecule has 1 saturated carbocycles. The van der Waals surface area contributed by atoms with Crippen molar-refractivity contribution in [3.63, 3.8) is 0 Å². The topological polar surface area (TPSA) is 82.5 Å². The summed E-state index contributed by atoms with van der Waals surface area (Å²) in [6.45, 7) is 1.26. The minimum Gasteiger partial charge on any atom is -0.480 e. The molecule has 1 amide bonds. The van der Waals surface area contributed by atoms with E-state index in [0.717, 1.165) is 30.7 Å². The summed E-state index contributed by atoms with van der Waals surface area (Å²) in [5.74, 6) is -4.97. The Morgan fingerprint density at radius 3 is 2.61 bits per heavy atom. The molecule has 0 bridgehead atoms. The Morgan fingerprint density at radius 1 is 1.11 bits per heavy atom. The van der Waals surface area contributed by atoms with Crippen molar-refractivity contribution in [3.8, 4) is 0 Å². The van der Waals surface area contributed by atoms with E-state index in [2.05, 4.69) is 11.4 Å². The van der Waals surface area contributed by atoms with Gasteiger partial charge in [-0.05, 0) is 88.8 Å². The van der Waals surface area contributed by atoms with E-state index in [1.54, 1.807) is 0 Å². The zero-order valence-corrected chi connectivity index (χ0v) is 20.9. The van der Waals surface area contributed by atoms with Gasteiger partial charge in [0, 0.05) is 43.2 Å². The average molecular weight is 510 g/mol. The maximum absolute atomic E-state index is 15.7. The lowest BCUT2D eigenvalue weighted by molar-refractivity contribution is -0.143. The van der Waals surface area contributed by atoms with E-state index in [0.29, 0.717) is 38.8 Å². The van der Waals surface area contributed by atoms with Crippen LogP contribution in [0.5, 0.6) is 0 Å². The summed E-state index contributed by atoms with van der Waals surface area (Å²) in [5, 5.41) is 12.1. The zero-order chi connectivity index (χ0) is 25.8. The Bertz CT molecular complexity index is 934. The number of piperidine rings is 1. The van der Waals surface area contributed by atoms with Crippen LogP contribution in [0.3, 0.4) is 0 Å². The van der Waals surface area contributed by atoms with Gasteiger partial charge in [0.1, 0.15) is 11.7 Å². The summed E-state index contributed by atoms with van der Waals surface area (Å²) in [7, 11) is 0. The smallest absolute Gasteiger partial charge is 0.326 e. The van der Waals surface area contributed by atoms with E-state index >= 15 is 4.39 Å². The monoisotopic (exact) mass is 509 g/mol. The van der Waals surface area contributed by atoms with Crippen LogP contribution in [0, 0.1) is 5.92 Å². The molecule has 2 aliphatic carbocycles. The molecule has 2 fully saturated rings. The Hall–Kier alpha value is -2.16. The van der Waals surface area contributed by atoms with Gasteiger partial charge in [-0.15, -0.1) is 0 Å². The Morgan fingerprint density at radius 2 is 1.86 bits per heavy atom. The molecule has 9 heteroatoms. The lowest BCUT2D eigenvalue weighted by atomic mass is 9.86. The van der Waals surface area contributed by atoms with Crippen molar-refractivity contribution >= 4 is 11.9 Å². The lowest BCUT2D eigenvalue weighted by Crippen LogP contribution is -2.49. The predicted molar refractivity (Wildman–Crippen MR) is 130 cm³/mol. The molecular weight excluding hydrogens is 471 g/mol. The number of aromatic nitrogens is 1. The molecule has 2 heterocycles. The van der Waals surface area contributed by atoms with Crippen LogP contribution in [0.1, 0.15) is 81.2 Å². The van der Waals surface area contributed by atoms with E-state index < -0.39 is 35.4 Å². The first-order valence-corrected chi connectivity index (χ1v) is 13.4. The van der Waals surface area contributed by atoms with E-state index in [9.17, 15) is 23.5 Å². The number of carbonyl (C=O) groups is 2. The van der Waals surface area contributed by atoms with Crippen molar-refractivity contribution in [2.75, 3.05) is 19.6 Å². The highest BCUT2D eigenvalue weighted by atomic mass is 19.3. The van der Waals surface area contributed by atoms with Crippen LogP contribution in [0.2, 0.25) is 0 Å². The summed E-state index contributed by atoms with van der Waals surface area (Å²) < 4.78 is 42.5. The van der Waals surface area contributed by atoms with Gasteiger partial charge in [0.05, 0.1) is 0 Å². The summed E-state index contributed by atoms with van der Waals surface area (Å²) in [6.07, 6.45) is 6.08. The number of carbonyl (C=O) groups excluding carboxylic acids is 1. The molecule has 2 atom stereocenters. The SMILES string of the molecule is O=C(N[C@@H](CCN1CCC[C@@](F)(CCc2ccc3c(n2)CCCC3)C1)C(=O)O)C1CCC(F)(F)CC1. The molecule has 200 valence electrons. The second-order valence-corrected chi connectivity index (χ2v) is 11.0. The van der Waals surface area contributed by atoms with Crippen molar-refractivity contribution < 1.29 is 27.9 Å². The van der Waals surface area contributed by atoms with Crippen LogP contribution < -0.4 is 5.32 Å². The standard InChI is InChI=1S/C27H38F3N3O3/c28-26(13-10-21-7-6-19-4-1-2-5-22(19)31-21)12-3-16-33(18-26)17-11-23(25(35)36)32-24(34)20-8-14-27(29,30)15-9-20/h6-7,20,23H,1-5,8-18H2,(H,32,34)(H,35,36)/t23-,26+/m0/s1. The number of carboxylic acid groups (broad SMARTS) is 1. The molecule has 0 unspecified atom stereocenters. The number of nitrogens with one attached hydrogen (secondary N) is 1. The summed E-state index contributed by atoms with van der Waals surface area (Å²) >= 11 is 0. The van der Waals surface area contributed by atoms with Crippen LogP contribution in [0.4, 0.5) is 13.2 Å². The average Bonchev–Trinajstić information content (AvgIpc) is 2.85. The molecule has 1 saturated heterocycles. The zero-order valence-electron chi connectivity index (χ0n) is 20.9. The van der Waals surface area contributed by atoms with Gasteiger partial charge in [0.25, 0.3) is 0 Å². The fraction of sp³-hybridized carbons (Fsp3) is 0.741. The number of hydrogen-bond acceptors (Lipinski definition) is 4. The third-order valence-corrected chi connectivity index (χ3v) is 8.11. The van der Waals surface area contributed by atoms with Gasteiger partial charge in [0.2, 0.25) is 11.8 Å². The van der Waals surface area contributed by atoms with Gasteiger partial charge in [-0.25, -0.2) is 18.0 Å². The number of nitrogens with zero attached hydrogens (tertiary/aromatic N) is 2. The number of pyridine rings is 1. The van der Waals surface area contributed by atoms with E-state index in [1.165, 1.54) is 12.0 Å². The summed E-state index contributed by atoms with van der Waals surface area (Å²) in [5.41, 5.74) is 2.04. The normalized spacial score (nSPS) is 25.6. The molecular formula is C27H38F3N3O3. The van der Waals surface area contributed by atoms with Gasteiger partial charge in [0.15, 0.2) is 0 Å². The van der Waals surface area contributed by atoms with Crippen molar-refractivity contribution in [3.05, 3.63) is 29.1 Å². The highest BCUT2D eigenvalue weighted by Gasteiger charge is 2.39. The molecule has 0 aromatic carbocycles. The predicted octanol–water partition coefficient (Wildman–Crippen LogP) is 4.48. The van der Waals surface area contributed by atoms with Crippen LogP contribution >= 0.6 is 0 Å². The minimum absolute atomic E-state index is 0.0563. The maximum Gasteiger partial charge on any atom is 0.326 e. The number of carboxylic acids is 1. The van der Waals surface area contributed by atoms with Gasteiger partial charge in [-0.3, -0.25) is 9.78 Å². The molecule has 3 aliphatic rings. The second-order valence-electron chi connectivity index (χ2n) is 11.0. The number of aliphatic carboxylic acids is 1. The molecule has 0 spiro atoms. The van der Waals surface area contributed by atoms with Gasteiger partial charge in [-0.2, -0.15) is 0 Å². The summed E-state index contributed by atoms with van der Waals surface area (Å²) in [6, 6.07) is 3.03. The fourth-order valence-electron chi connectivity index (χ4n) is 5.85. The molecule has 1 aliphatic heterocycles. The van der Waals surface area contributed by atoms with Crippen LogP contribution in [0.15, 0.2) is 12.1 Å². The largest absolute Gasteiger partial charge is 0.480 e. The number of fused-ring (bicyclic) bond motifs is 1. The van der Waals surface area contributed by atoms with Crippen LogP contribution in [-0.4, -0.2) is 64.1 Å². The number of rotatable bonds is 9. The van der Waals surface area contributed by atoms with E-state index in [-0.39, 0.29) is 38.6 Å². The summed E-state index contributed by atoms with van der Waals surface area (Å²) in [4.78, 5) is 30.9. The van der Waals surface area contributed by atoms with Crippen molar-refractivity contribution in [1.82, 2.24) is 15.2 Å². The molecule has 0 radical (unpaired) electrons. The molecule has 1 aromatic heterocycles. The number of hydrogen-bond donors (Lipinski definition) is 2. The third kappa shape index (κ3) is 7.20. The molecule has 36 heavy (non-hydrogen) atoms. The Kier molecular flexibility index (Phi) is 8.58. The number of likely N-dealkylation sites (tertiary alicyclic amines) is 1. The first-order chi connectivity index (χ1) is 17.1. The van der Waals surface area contributed by atoms with Gasteiger partial charge >= 0.3 is 5.97 Å². The fourth-order valence-corrected chi connectivity index (χ4v) is 5.85. The molecule has 1 aromatic rings. The number of halogens is 3. The van der Waals surface area contributed by atoms with Gasteiger partial charge in [-0.1, -0.05) is 6.07 Å². The van der Waals surface area contributed by atoms with Crippen molar-refractivity contribution in [1.29, 1.82) is 0 Å². The minimum atomic E-state index is -2.74. The second kappa shape index (κ2) is 11.5. The molecule has 4 rings (SSSR count). The third-order valence-electron chi connectivity index (χ3n) is 8.11. The number of alkyl halides is 3. The molecule has 6 nitrogen and oxygen atoms in total. The van der Waals surface area contributed by atoms with E-state index in [4.69, 9.17) is 4.98 Å². The Balaban J connectivity index is 1.25. The first-order valence-electron chi connectivity index (χ1n) is 13.4. The number of aryl methyl sites for hydroxylation is 3. The lowest BCUT2D eigenvalue weighted by Gasteiger charge is -2.38. The highest BCUT2D eigenvalue weighted by molar-refractivity contribution is 5.85. The van der Waals surface area contributed by atoms with Crippen LogP contribution in [-0.2, 0) is 28.9 Å². The van der Waals surface area contributed by atoms with Gasteiger partial charge < -0.3 is 15.3 Å². The van der Waals surface area contributed by atoms with Crippen molar-refractivity contribution in [2.24, 2.45) is 5.92 Å². The quantitative estimate of drug-likeness (QED) is 0.513. The van der Waals surface area contributed by atoms with Crippen LogP contribution in [0.25, 0.3) is 0 Å². The maximum atomic E-state index is 15.7. The first kappa shape index (κ1) is 26.9. The van der Waals surface area contributed by atoms with Crippen molar-refractivity contribution in [2.45, 2.75) is 101 Å². The highest BCUT2D eigenvalue weighted by Crippen LogP contribution is 2.36. The Labute approximate surface area is 211 Å².